The van der Waals surface area contributed by atoms with Crippen molar-refractivity contribution < 1.29 is 37.3 Å². The summed E-state index contributed by atoms with van der Waals surface area (Å²) in [5.41, 5.74) is 5.85. The first-order valence-corrected chi connectivity index (χ1v) is 20.2. The number of benzene rings is 2. The Kier molecular flexibility index (Phi) is 12.7. The number of likely N-dealkylation sites (N-methyl/N-ethyl adjacent to an activating group) is 1. The maximum atomic E-state index is 13.1. The Morgan fingerprint density at radius 3 is 2.59 bits per heavy atom. The zero-order chi connectivity index (χ0) is 41.0. The van der Waals surface area contributed by atoms with Crippen molar-refractivity contribution in [1.82, 2.24) is 28.9 Å². The lowest BCUT2D eigenvalue weighted by Gasteiger charge is -2.32. The van der Waals surface area contributed by atoms with Crippen LogP contribution in [0.25, 0.3) is 26.9 Å². The number of allylic oxidation sites excluding steroid dienone is 4. The number of ether oxygens (including phenoxy) is 3. The second-order valence-corrected chi connectivity index (χ2v) is 15.7. The summed E-state index contributed by atoms with van der Waals surface area (Å²) in [5, 5.41) is 15.4. The lowest BCUT2D eigenvalue weighted by molar-refractivity contribution is -0.145. The van der Waals surface area contributed by atoms with Crippen LogP contribution in [0.3, 0.4) is 0 Å². The highest BCUT2D eigenvalue weighted by Crippen LogP contribution is 2.46. The summed E-state index contributed by atoms with van der Waals surface area (Å²) >= 11 is 8.26. The summed E-state index contributed by atoms with van der Waals surface area (Å²) in [6, 6.07) is 16.2. The number of carboxylic acid groups (broad SMARTS) is 1. The van der Waals surface area contributed by atoms with Gasteiger partial charge in [-0.25, -0.2) is 4.79 Å². The highest BCUT2D eigenvalue weighted by molar-refractivity contribution is 7.13. The molecule has 1 atom stereocenters. The third kappa shape index (κ3) is 9.66. The predicted octanol–water partition coefficient (Wildman–Crippen LogP) is 8.36. The summed E-state index contributed by atoms with van der Waals surface area (Å²) in [4.78, 5) is 22.5. The van der Waals surface area contributed by atoms with E-state index in [1.54, 1.807) is 30.5 Å². The standard InChI is InChI=1S/C42H44ClF3N6O5S/c1-26-7-6-9-29(21-26)39-36(31-11-12-33(38(43)27(31)2)55-20-19-51-17-15-50(3)16-18-51)37-35(23-47-39)58-49-40(37)57-34(41(53)54)22-28-8-4-5-10-32(28)56-24-30-13-14-48-52(30)25-42(44,45)46/h4-10,13-14,21,23,34H,11-12,15-20,22,24-25H2,1-3H3,(H,53,54)/t34-/m1/s1. The van der Waals surface area contributed by atoms with Crippen molar-refractivity contribution in [3.8, 4) is 22.9 Å². The lowest BCUT2D eigenvalue weighted by Crippen LogP contribution is -2.45. The van der Waals surface area contributed by atoms with Crippen molar-refractivity contribution in [2.75, 3.05) is 46.4 Å². The van der Waals surface area contributed by atoms with Crippen molar-refractivity contribution >= 4 is 44.8 Å². The van der Waals surface area contributed by atoms with Gasteiger partial charge < -0.3 is 24.2 Å². The second kappa shape index (κ2) is 17.9. The molecule has 1 aliphatic heterocycles. The Hall–Kier alpha value is -4.96. The van der Waals surface area contributed by atoms with Crippen molar-refractivity contribution in [2.24, 2.45) is 0 Å². The van der Waals surface area contributed by atoms with Crippen LogP contribution in [0.1, 0.15) is 42.1 Å². The van der Waals surface area contributed by atoms with E-state index >= 15 is 0 Å². The number of alkyl halides is 3. The lowest BCUT2D eigenvalue weighted by atomic mass is 9.87. The molecule has 2 aromatic carbocycles. The van der Waals surface area contributed by atoms with Crippen molar-refractivity contribution in [1.29, 1.82) is 0 Å². The van der Waals surface area contributed by atoms with E-state index in [-0.39, 0.29) is 24.6 Å². The zero-order valence-electron chi connectivity index (χ0n) is 32.4. The first-order valence-electron chi connectivity index (χ1n) is 19.0. The van der Waals surface area contributed by atoms with Crippen molar-refractivity contribution in [3.63, 3.8) is 0 Å². The number of carboxylic acids is 1. The quantitative estimate of drug-likeness (QED) is 0.110. The van der Waals surface area contributed by atoms with Gasteiger partial charge in [0.25, 0.3) is 0 Å². The molecule has 0 amide bonds. The number of para-hydroxylation sites is 1. The van der Waals surface area contributed by atoms with E-state index < -0.39 is 24.8 Å². The second-order valence-electron chi connectivity index (χ2n) is 14.6. The molecule has 11 nitrogen and oxygen atoms in total. The van der Waals surface area contributed by atoms with E-state index in [2.05, 4.69) is 26.3 Å². The molecule has 0 radical (unpaired) electrons. The molecule has 1 aliphatic carbocycles. The average Bonchev–Trinajstić information content (AvgIpc) is 3.81. The van der Waals surface area contributed by atoms with Gasteiger partial charge in [0.15, 0.2) is 0 Å². The fourth-order valence-corrected chi connectivity index (χ4v) is 8.22. The number of nitrogens with zero attached hydrogens (tertiary/aromatic N) is 6. The van der Waals surface area contributed by atoms with E-state index in [4.69, 9.17) is 30.8 Å². The van der Waals surface area contributed by atoms with Crippen LogP contribution >= 0.6 is 23.1 Å². The number of hydrogen-bond acceptors (Lipinski definition) is 10. The fourth-order valence-electron chi connectivity index (χ4n) is 7.27. The topological polar surface area (TPSA) is 115 Å². The Morgan fingerprint density at radius 1 is 1.03 bits per heavy atom. The summed E-state index contributed by atoms with van der Waals surface area (Å²) in [6.07, 6.45) is -1.82. The fraction of sp³-hybridized carbons (Fsp3) is 0.381. The monoisotopic (exact) mass is 836 g/mol. The molecule has 306 valence electrons. The van der Waals surface area contributed by atoms with Gasteiger partial charge in [0.2, 0.25) is 12.0 Å². The van der Waals surface area contributed by atoms with Crippen LogP contribution in [0.2, 0.25) is 0 Å². The van der Waals surface area contributed by atoms with Gasteiger partial charge in [-0.2, -0.15) is 22.6 Å². The molecular weight excluding hydrogens is 793 g/mol. The molecule has 3 aromatic heterocycles. The molecule has 1 N–H and O–H groups in total. The Morgan fingerprint density at radius 2 is 1.83 bits per heavy atom. The van der Waals surface area contributed by atoms with E-state index in [9.17, 15) is 23.1 Å². The molecule has 0 spiro atoms. The zero-order valence-corrected chi connectivity index (χ0v) is 34.0. The molecule has 16 heteroatoms. The number of carbonyl (C=O) groups is 1. The number of rotatable bonds is 15. The van der Waals surface area contributed by atoms with Crippen LogP contribution in [-0.2, 0) is 29.1 Å². The van der Waals surface area contributed by atoms with Crippen LogP contribution in [0.5, 0.6) is 11.6 Å². The minimum atomic E-state index is -4.46. The number of aliphatic carboxylic acids is 1. The van der Waals surface area contributed by atoms with Crippen LogP contribution in [-0.4, -0.2) is 98.7 Å². The Balaban J connectivity index is 1.19. The highest BCUT2D eigenvalue weighted by Gasteiger charge is 2.31. The number of pyridine rings is 1. The summed E-state index contributed by atoms with van der Waals surface area (Å²) in [5.74, 6) is -0.0439. The normalized spacial score (nSPS) is 16.3. The summed E-state index contributed by atoms with van der Waals surface area (Å²) in [7, 11) is 2.13. The number of fused-ring (bicyclic) bond motifs is 1. The van der Waals surface area contributed by atoms with Crippen LogP contribution in [0.15, 0.2) is 83.4 Å². The number of aryl methyl sites for hydroxylation is 1. The van der Waals surface area contributed by atoms with Gasteiger partial charge in [0.1, 0.15) is 31.3 Å². The molecule has 4 heterocycles. The Bertz CT molecular complexity index is 2330. The molecule has 5 aromatic rings. The number of aromatic nitrogens is 4. The van der Waals surface area contributed by atoms with Gasteiger partial charge >= 0.3 is 12.1 Å². The minimum absolute atomic E-state index is 0.122. The average molecular weight is 837 g/mol. The molecule has 0 unspecified atom stereocenters. The third-order valence-corrected chi connectivity index (χ3v) is 11.7. The third-order valence-electron chi connectivity index (χ3n) is 10.4. The number of hydrogen-bond donors (Lipinski definition) is 1. The van der Waals surface area contributed by atoms with E-state index in [1.807, 2.05) is 38.1 Å². The first-order chi connectivity index (χ1) is 27.8. The van der Waals surface area contributed by atoms with Crippen molar-refractivity contribution in [2.45, 2.75) is 58.5 Å². The maximum Gasteiger partial charge on any atom is 0.408 e. The smallest absolute Gasteiger partial charge is 0.408 e. The summed E-state index contributed by atoms with van der Waals surface area (Å²) in [6.45, 7) is 7.90. The molecule has 1 saturated heterocycles. The first kappa shape index (κ1) is 41.2. The molecule has 0 saturated carbocycles. The van der Waals surface area contributed by atoms with Gasteiger partial charge in [0, 0.05) is 69.1 Å². The van der Waals surface area contributed by atoms with Gasteiger partial charge in [-0.05, 0) is 73.8 Å². The molecule has 7 rings (SSSR count). The van der Waals surface area contributed by atoms with Gasteiger partial charge in [-0.15, -0.1) is 0 Å². The minimum Gasteiger partial charge on any atom is -0.495 e. The van der Waals surface area contributed by atoms with Gasteiger partial charge in [0.05, 0.1) is 26.5 Å². The molecule has 58 heavy (non-hydrogen) atoms. The van der Waals surface area contributed by atoms with E-state index in [0.717, 1.165) is 82.5 Å². The van der Waals surface area contributed by atoms with Crippen molar-refractivity contribution in [3.05, 3.63) is 106 Å². The number of halogens is 4. The molecular formula is C42H44ClF3N6O5S. The SMILES string of the molecule is CC1=C(c2c(-c3cccc(C)c3)ncc3snc(O[C@H](Cc4ccccc4OCc4ccnn4CC(F)(F)F)C(=O)O)c23)CCC(OCCN2CCN(C)CC2)=C1Cl. The predicted molar refractivity (Wildman–Crippen MR) is 217 cm³/mol. The molecule has 0 bridgehead atoms. The maximum absolute atomic E-state index is 13.1. The summed E-state index contributed by atoms with van der Waals surface area (Å²) < 4.78 is 64.1. The number of piperazine rings is 1. The molecule has 2 aliphatic rings. The molecule has 1 fully saturated rings. The van der Waals surface area contributed by atoms with E-state index in [0.29, 0.717) is 51.6 Å². The van der Waals surface area contributed by atoms with Gasteiger partial charge in [-0.3, -0.25) is 14.6 Å². The van der Waals surface area contributed by atoms with E-state index in [1.165, 1.54) is 12.3 Å². The largest absolute Gasteiger partial charge is 0.495 e. The highest BCUT2D eigenvalue weighted by atomic mass is 35.5. The van der Waals surface area contributed by atoms with Crippen LogP contribution < -0.4 is 9.47 Å². The van der Waals surface area contributed by atoms with Gasteiger partial charge in [-0.1, -0.05) is 53.6 Å². The van der Waals surface area contributed by atoms with Crippen LogP contribution in [0.4, 0.5) is 13.2 Å². The van der Waals surface area contributed by atoms with Crippen LogP contribution in [0, 0.1) is 6.92 Å². The Labute approximate surface area is 343 Å².